The van der Waals surface area contributed by atoms with Gasteiger partial charge in [0.05, 0.1) is 12.6 Å². The predicted octanol–water partition coefficient (Wildman–Crippen LogP) is 1.18. The highest BCUT2D eigenvalue weighted by molar-refractivity contribution is 7.89. The highest BCUT2D eigenvalue weighted by Gasteiger charge is 2.28. The third-order valence-electron chi connectivity index (χ3n) is 3.19. The van der Waals surface area contributed by atoms with Crippen LogP contribution >= 0.6 is 0 Å². The number of benzene rings is 1. The zero-order valence-corrected chi connectivity index (χ0v) is 13.1. The normalized spacial score (nSPS) is 20.5. The summed E-state index contributed by atoms with van der Waals surface area (Å²) < 4.78 is 33.1. The molecule has 0 radical (unpaired) electrons. The number of fused-ring (bicyclic) bond motifs is 1. The molecular formula is C14H22N2O4S. The first-order valence-corrected chi connectivity index (χ1v) is 8.54. The first kappa shape index (κ1) is 16.1. The number of anilines is 1. The number of aliphatic hydroxyl groups is 1. The number of sulfonamides is 1. The maximum Gasteiger partial charge on any atom is 0.244 e. The van der Waals surface area contributed by atoms with Gasteiger partial charge in [-0.25, -0.2) is 13.1 Å². The summed E-state index contributed by atoms with van der Waals surface area (Å²) in [6.45, 7) is 4.81. The summed E-state index contributed by atoms with van der Waals surface area (Å²) in [6.07, 6.45) is 0.725. The van der Waals surface area contributed by atoms with Crippen molar-refractivity contribution in [1.29, 1.82) is 0 Å². The van der Waals surface area contributed by atoms with E-state index in [0.717, 1.165) is 12.1 Å². The van der Waals surface area contributed by atoms with Crippen LogP contribution in [0.4, 0.5) is 5.69 Å². The van der Waals surface area contributed by atoms with Gasteiger partial charge < -0.3 is 15.2 Å². The van der Waals surface area contributed by atoms with Gasteiger partial charge in [-0.1, -0.05) is 13.8 Å². The molecule has 0 spiro atoms. The number of aliphatic hydroxyl groups excluding tert-OH is 1. The molecule has 2 rings (SSSR count). The van der Waals surface area contributed by atoms with Gasteiger partial charge in [-0.05, 0) is 24.5 Å². The van der Waals surface area contributed by atoms with Gasteiger partial charge in [0, 0.05) is 18.3 Å². The van der Waals surface area contributed by atoms with E-state index in [1.165, 1.54) is 6.07 Å². The summed E-state index contributed by atoms with van der Waals surface area (Å²) in [5.74, 6) is 0.723. The van der Waals surface area contributed by atoms with Gasteiger partial charge >= 0.3 is 0 Å². The topological polar surface area (TPSA) is 87.7 Å². The molecule has 1 heterocycles. The Kier molecular flexibility index (Phi) is 5.08. The fourth-order valence-electron chi connectivity index (χ4n) is 2.35. The van der Waals surface area contributed by atoms with Gasteiger partial charge in [0.15, 0.2) is 0 Å². The van der Waals surface area contributed by atoms with Crippen LogP contribution < -0.4 is 14.8 Å². The SMILES string of the molecule is CC(C)C[C@@H]1COc2cc(NCCO)ccc2S(=O)(=O)N1. The maximum atomic E-state index is 12.4. The van der Waals surface area contributed by atoms with Crippen LogP contribution in [0.2, 0.25) is 0 Å². The highest BCUT2D eigenvalue weighted by Crippen LogP contribution is 2.30. The summed E-state index contributed by atoms with van der Waals surface area (Å²) in [5, 5.41) is 11.8. The third-order valence-corrected chi connectivity index (χ3v) is 4.75. The van der Waals surface area contributed by atoms with Crippen molar-refractivity contribution in [2.24, 2.45) is 5.92 Å². The Labute approximate surface area is 125 Å². The van der Waals surface area contributed by atoms with Gasteiger partial charge in [-0.2, -0.15) is 0 Å². The highest BCUT2D eigenvalue weighted by atomic mass is 32.2. The van der Waals surface area contributed by atoms with Crippen LogP contribution in [0.5, 0.6) is 5.75 Å². The molecule has 1 aliphatic heterocycles. The smallest absolute Gasteiger partial charge is 0.244 e. The Morgan fingerprint density at radius 2 is 2.24 bits per heavy atom. The summed E-state index contributed by atoms with van der Waals surface area (Å²) in [7, 11) is -3.56. The molecule has 0 saturated carbocycles. The minimum Gasteiger partial charge on any atom is -0.490 e. The Bertz CT molecular complexity index is 587. The monoisotopic (exact) mass is 314 g/mol. The number of ether oxygens (including phenoxy) is 1. The number of hydrogen-bond acceptors (Lipinski definition) is 5. The van der Waals surface area contributed by atoms with E-state index in [0.29, 0.717) is 24.8 Å². The molecule has 118 valence electrons. The van der Waals surface area contributed by atoms with Crippen molar-refractivity contribution in [3.8, 4) is 5.75 Å². The molecule has 0 aliphatic carbocycles. The Morgan fingerprint density at radius 3 is 2.90 bits per heavy atom. The van der Waals surface area contributed by atoms with E-state index in [9.17, 15) is 8.42 Å². The lowest BCUT2D eigenvalue weighted by Crippen LogP contribution is -2.37. The second-order valence-corrected chi connectivity index (χ2v) is 7.25. The van der Waals surface area contributed by atoms with E-state index in [4.69, 9.17) is 9.84 Å². The van der Waals surface area contributed by atoms with E-state index < -0.39 is 10.0 Å². The van der Waals surface area contributed by atoms with Crippen molar-refractivity contribution >= 4 is 15.7 Å². The molecule has 21 heavy (non-hydrogen) atoms. The van der Waals surface area contributed by atoms with Gasteiger partial charge in [0.25, 0.3) is 0 Å². The minimum absolute atomic E-state index is 0.00819. The molecule has 3 N–H and O–H groups in total. The van der Waals surface area contributed by atoms with Crippen LogP contribution in [0.15, 0.2) is 23.1 Å². The van der Waals surface area contributed by atoms with E-state index in [2.05, 4.69) is 10.0 Å². The average molecular weight is 314 g/mol. The number of rotatable bonds is 5. The average Bonchev–Trinajstić information content (AvgIpc) is 2.52. The lowest BCUT2D eigenvalue weighted by Gasteiger charge is -2.16. The van der Waals surface area contributed by atoms with Crippen LogP contribution in [-0.2, 0) is 10.0 Å². The molecule has 0 amide bonds. The van der Waals surface area contributed by atoms with Crippen LogP contribution in [0.25, 0.3) is 0 Å². The summed E-state index contributed by atoms with van der Waals surface area (Å²) in [5.41, 5.74) is 0.723. The van der Waals surface area contributed by atoms with Crippen molar-refractivity contribution in [3.63, 3.8) is 0 Å². The van der Waals surface area contributed by atoms with E-state index in [1.807, 2.05) is 13.8 Å². The van der Waals surface area contributed by atoms with E-state index in [1.54, 1.807) is 12.1 Å². The van der Waals surface area contributed by atoms with Crippen molar-refractivity contribution < 1.29 is 18.3 Å². The zero-order valence-electron chi connectivity index (χ0n) is 12.3. The van der Waals surface area contributed by atoms with Gasteiger partial charge in [0.1, 0.15) is 17.3 Å². The Morgan fingerprint density at radius 1 is 1.48 bits per heavy atom. The van der Waals surface area contributed by atoms with Gasteiger partial charge in [0.2, 0.25) is 10.0 Å². The lowest BCUT2D eigenvalue weighted by atomic mass is 10.1. The van der Waals surface area contributed by atoms with Crippen LogP contribution in [0.3, 0.4) is 0 Å². The summed E-state index contributed by atoms with van der Waals surface area (Å²) in [6, 6.07) is 4.62. The van der Waals surface area contributed by atoms with Crippen LogP contribution in [0.1, 0.15) is 20.3 Å². The third kappa shape index (κ3) is 4.09. The molecule has 0 unspecified atom stereocenters. The molecule has 1 aliphatic rings. The van der Waals surface area contributed by atoms with Gasteiger partial charge in [-0.3, -0.25) is 0 Å². The number of nitrogens with one attached hydrogen (secondary N) is 2. The molecule has 1 aromatic carbocycles. The first-order valence-electron chi connectivity index (χ1n) is 7.06. The number of hydrogen-bond donors (Lipinski definition) is 3. The summed E-state index contributed by atoms with van der Waals surface area (Å²) in [4.78, 5) is 0.156. The van der Waals surface area contributed by atoms with Crippen molar-refractivity contribution in [3.05, 3.63) is 18.2 Å². The maximum absolute atomic E-state index is 12.4. The quantitative estimate of drug-likeness (QED) is 0.759. The fourth-order valence-corrected chi connectivity index (χ4v) is 3.71. The first-order chi connectivity index (χ1) is 9.92. The lowest BCUT2D eigenvalue weighted by molar-refractivity contribution is 0.262. The zero-order chi connectivity index (χ0) is 15.5. The molecule has 1 aromatic rings. The molecule has 6 nitrogen and oxygen atoms in total. The molecule has 7 heteroatoms. The van der Waals surface area contributed by atoms with E-state index in [-0.39, 0.29) is 17.5 Å². The van der Waals surface area contributed by atoms with Crippen LogP contribution in [0, 0.1) is 5.92 Å². The second-order valence-electron chi connectivity index (χ2n) is 5.57. The molecule has 1 atom stereocenters. The molecule has 0 bridgehead atoms. The molecule has 0 aromatic heterocycles. The van der Waals surface area contributed by atoms with E-state index >= 15 is 0 Å². The second kappa shape index (κ2) is 6.64. The minimum atomic E-state index is -3.56. The van der Waals surface area contributed by atoms with Crippen molar-refractivity contribution in [2.45, 2.75) is 31.2 Å². The fraction of sp³-hybridized carbons (Fsp3) is 0.571. The molecule has 0 saturated heterocycles. The predicted molar refractivity (Wildman–Crippen MR) is 81.1 cm³/mol. The van der Waals surface area contributed by atoms with Gasteiger partial charge in [-0.15, -0.1) is 0 Å². The standard InChI is InChI=1S/C14H22N2O4S/c1-10(2)7-12-9-20-13-8-11(15-5-6-17)3-4-14(13)21(18,19)16-12/h3-4,8,10,12,15-17H,5-7,9H2,1-2H3/t12-/m1/s1. The Balaban J connectivity index is 2.25. The molecular weight excluding hydrogens is 292 g/mol. The Hall–Kier alpha value is -1.31. The van der Waals surface area contributed by atoms with Crippen LogP contribution in [-0.4, -0.2) is 39.3 Å². The van der Waals surface area contributed by atoms with Crippen molar-refractivity contribution in [1.82, 2.24) is 4.72 Å². The van der Waals surface area contributed by atoms with Crippen molar-refractivity contribution in [2.75, 3.05) is 25.1 Å². The summed E-state index contributed by atoms with van der Waals surface area (Å²) >= 11 is 0. The largest absolute Gasteiger partial charge is 0.490 e. The molecule has 0 fully saturated rings.